The Morgan fingerprint density at radius 2 is 1.94 bits per heavy atom. The average molecular weight is 494 g/mol. The zero-order valence-corrected chi connectivity index (χ0v) is 21.4. The summed E-state index contributed by atoms with van der Waals surface area (Å²) in [4.78, 5) is 32.9. The Hall–Kier alpha value is -3.66. The molecule has 0 radical (unpaired) electrons. The maximum Gasteiger partial charge on any atom is 0.326 e. The van der Waals surface area contributed by atoms with Crippen molar-refractivity contribution in [1.29, 1.82) is 0 Å². The number of likely N-dealkylation sites (tertiary alicyclic amines) is 1. The van der Waals surface area contributed by atoms with Crippen LogP contribution >= 0.6 is 0 Å². The van der Waals surface area contributed by atoms with E-state index in [1.165, 1.54) is 12.8 Å². The van der Waals surface area contributed by atoms with Crippen molar-refractivity contribution in [2.45, 2.75) is 46.1 Å². The van der Waals surface area contributed by atoms with Crippen LogP contribution in [0.25, 0.3) is 11.0 Å². The van der Waals surface area contributed by atoms with E-state index in [0.29, 0.717) is 35.0 Å². The Balaban J connectivity index is 1.46. The first-order valence-corrected chi connectivity index (χ1v) is 12.5. The fraction of sp³-hybridized carbons (Fsp3) is 0.462. The molecule has 3 amide bonds. The standard InChI is InChI=1S/C26H35N7O3/c1-17(2)36-20-10-7-9-19(15-20)28-26(35)30-25(34)22-16-21-18(3)31-32(4)24(21)29-23(22)27-11-8-14-33-12-5-6-13-33/h7,9-10,15-17H,5-6,8,11-14H2,1-4H3,(H,27,29)(H2,28,30,34,35). The van der Waals surface area contributed by atoms with Gasteiger partial charge in [-0.05, 0) is 77.9 Å². The summed E-state index contributed by atoms with van der Waals surface area (Å²) in [5.41, 5.74) is 2.26. The monoisotopic (exact) mass is 493 g/mol. The Kier molecular flexibility index (Phi) is 8.04. The molecule has 0 saturated carbocycles. The number of hydrogen-bond donors (Lipinski definition) is 3. The molecule has 0 atom stereocenters. The summed E-state index contributed by atoms with van der Waals surface area (Å²) in [5, 5.41) is 13.6. The zero-order valence-electron chi connectivity index (χ0n) is 21.4. The van der Waals surface area contributed by atoms with E-state index in [1.54, 1.807) is 28.9 Å². The molecule has 192 valence electrons. The van der Waals surface area contributed by atoms with Crippen LogP contribution in [0.4, 0.5) is 16.3 Å². The third-order valence-corrected chi connectivity index (χ3v) is 6.08. The number of pyridine rings is 1. The maximum absolute atomic E-state index is 13.2. The number of fused-ring (bicyclic) bond motifs is 1. The number of carbonyl (C=O) groups excluding carboxylic acids is 2. The lowest BCUT2D eigenvalue weighted by Crippen LogP contribution is -2.35. The SMILES string of the molecule is Cc1nn(C)c2nc(NCCCN3CCCC3)c(C(=O)NC(=O)Nc3cccc(OC(C)C)c3)cc12. The van der Waals surface area contributed by atoms with Crippen molar-refractivity contribution in [2.24, 2.45) is 7.05 Å². The van der Waals surface area contributed by atoms with Crippen molar-refractivity contribution in [3.8, 4) is 5.75 Å². The Bertz CT molecular complexity index is 1230. The quantitative estimate of drug-likeness (QED) is 0.387. The van der Waals surface area contributed by atoms with Gasteiger partial charge in [-0.2, -0.15) is 5.10 Å². The van der Waals surface area contributed by atoms with Crippen molar-refractivity contribution >= 4 is 34.5 Å². The van der Waals surface area contributed by atoms with Crippen LogP contribution in [-0.2, 0) is 7.05 Å². The van der Waals surface area contributed by atoms with Crippen molar-refractivity contribution in [3.63, 3.8) is 0 Å². The molecule has 36 heavy (non-hydrogen) atoms. The van der Waals surface area contributed by atoms with E-state index in [9.17, 15) is 9.59 Å². The van der Waals surface area contributed by atoms with E-state index in [2.05, 4.69) is 30.9 Å². The molecule has 0 bridgehead atoms. The minimum atomic E-state index is -0.635. The van der Waals surface area contributed by atoms with Gasteiger partial charge in [0.15, 0.2) is 5.65 Å². The molecule has 3 N–H and O–H groups in total. The number of anilines is 2. The van der Waals surface area contributed by atoms with Gasteiger partial charge < -0.3 is 20.3 Å². The highest BCUT2D eigenvalue weighted by molar-refractivity contribution is 6.11. The first kappa shape index (κ1) is 25.4. The van der Waals surface area contributed by atoms with Crippen LogP contribution in [0.5, 0.6) is 5.75 Å². The number of nitrogens with one attached hydrogen (secondary N) is 3. The number of imide groups is 1. The molecule has 2 aromatic heterocycles. The Labute approximate surface area is 211 Å². The summed E-state index contributed by atoms with van der Waals surface area (Å²) in [7, 11) is 1.82. The summed E-state index contributed by atoms with van der Waals surface area (Å²) in [6.07, 6.45) is 3.45. The Morgan fingerprint density at radius 3 is 2.69 bits per heavy atom. The van der Waals surface area contributed by atoms with Gasteiger partial charge in [0.2, 0.25) is 0 Å². The van der Waals surface area contributed by atoms with Crippen LogP contribution in [0.1, 0.15) is 49.2 Å². The lowest BCUT2D eigenvalue weighted by atomic mass is 10.1. The van der Waals surface area contributed by atoms with E-state index in [-0.39, 0.29) is 6.10 Å². The van der Waals surface area contributed by atoms with E-state index >= 15 is 0 Å². The molecule has 10 nitrogen and oxygen atoms in total. The highest BCUT2D eigenvalue weighted by Gasteiger charge is 2.20. The molecule has 0 spiro atoms. The number of hydrogen-bond acceptors (Lipinski definition) is 7. The van der Waals surface area contributed by atoms with Crippen LogP contribution in [-0.4, -0.2) is 63.9 Å². The van der Waals surface area contributed by atoms with Crippen molar-refractivity contribution in [2.75, 3.05) is 36.8 Å². The average Bonchev–Trinajstić information content (AvgIpc) is 3.43. The molecule has 1 aliphatic heterocycles. The van der Waals surface area contributed by atoms with Crippen LogP contribution < -0.4 is 20.7 Å². The molecule has 0 aliphatic carbocycles. The van der Waals surface area contributed by atoms with Gasteiger partial charge in [0, 0.05) is 30.7 Å². The van der Waals surface area contributed by atoms with E-state index in [0.717, 1.165) is 37.1 Å². The number of ether oxygens (including phenoxy) is 1. The van der Waals surface area contributed by atoms with Gasteiger partial charge in [0.05, 0.1) is 17.4 Å². The summed E-state index contributed by atoms with van der Waals surface area (Å²) in [6, 6.07) is 8.15. The molecular weight excluding hydrogens is 458 g/mol. The number of aromatic nitrogens is 3. The molecule has 3 heterocycles. The van der Waals surface area contributed by atoms with Crippen LogP contribution in [0, 0.1) is 6.92 Å². The van der Waals surface area contributed by atoms with Gasteiger partial charge >= 0.3 is 6.03 Å². The minimum Gasteiger partial charge on any atom is -0.491 e. The maximum atomic E-state index is 13.2. The smallest absolute Gasteiger partial charge is 0.326 e. The fourth-order valence-corrected chi connectivity index (χ4v) is 4.42. The first-order valence-electron chi connectivity index (χ1n) is 12.5. The van der Waals surface area contributed by atoms with Crippen molar-refractivity contribution in [3.05, 3.63) is 41.6 Å². The largest absolute Gasteiger partial charge is 0.491 e. The minimum absolute atomic E-state index is 0.00952. The van der Waals surface area contributed by atoms with Crippen LogP contribution in [0.2, 0.25) is 0 Å². The van der Waals surface area contributed by atoms with Gasteiger partial charge in [-0.15, -0.1) is 0 Å². The third-order valence-electron chi connectivity index (χ3n) is 6.08. The molecule has 1 aromatic carbocycles. The number of benzene rings is 1. The van der Waals surface area contributed by atoms with Gasteiger partial charge in [-0.1, -0.05) is 6.07 Å². The molecule has 1 fully saturated rings. The number of amides is 3. The number of carbonyl (C=O) groups is 2. The highest BCUT2D eigenvalue weighted by Crippen LogP contribution is 2.23. The second-order valence-electron chi connectivity index (χ2n) is 9.40. The van der Waals surface area contributed by atoms with Crippen LogP contribution in [0.3, 0.4) is 0 Å². The predicted octanol–water partition coefficient (Wildman–Crippen LogP) is 3.92. The van der Waals surface area contributed by atoms with E-state index < -0.39 is 11.9 Å². The number of urea groups is 1. The Morgan fingerprint density at radius 1 is 1.17 bits per heavy atom. The summed E-state index contributed by atoms with van der Waals surface area (Å²) in [6.45, 7) is 9.69. The second-order valence-corrected chi connectivity index (χ2v) is 9.40. The highest BCUT2D eigenvalue weighted by atomic mass is 16.5. The molecule has 0 unspecified atom stereocenters. The van der Waals surface area contributed by atoms with Gasteiger partial charge in [0.25, 0.3) is 5.91 Å². The van der Waals surface area contributed by atoms with Crippen molar-refractivity contribution in [1.82, 2.24) is 25.0 Å². The van der Waals surface area contributed by atoms with E-state index in [4.69, 9.17) is 4.74 Å². The summed E-state index contributed by atoms with van der Waals surface area (Å²) >= 11 is 0. The fourth-order valence-electron chi connectivity index (χ4n) is 4.42. The summed E-state index contributed by atoms with van der Waals surface area (Å²) < 4.78 is 7.36. The molecule has 3 aromatic rings. The predicted molar refractivity (Wildman–Crippen MR) is 141 cm³/mol. The van der Waals surface area contributed by atoms with Gasteiger partial charge in [-0.3, -0.25) is 14.8 Å². The number of nitrogens with zero attached hydrogens (tertiary/aromatic N) is 4. The normalized spacial score (nSPS) is 13.8. The second kappa shape index (κ2) is 11.4. The lowest BCUT2D eigenvalue weighted by Gasteiger charge is -2.16. The van der Waals surface area contributed by atoms with Gasteiger partial charge in [0.1, 0.15) is 11.6 Å². The zero-order chi connectivity index (χ0) is 25.7. The molecule has 10 heteroatoms. The topological polar surface area (TPSA) is 113 Å². The van der Waals surface area contributed by atoms with E-state index in [1.807, 2.05) is 33.9 Å². The lowest BCUT2D eigenvalue weighted by molar-refractivity contribution is 0.0967. The first-order chi connectivity index (χ1) is 17.3. The van der Waals surface area contributed by atoms with Crippen LogP contribution in [0.15, 0.2) is 30.3 Å². The molecular formula is C26H35N7O3. The van der Waals surface area contributed by atoms with Gasteiger partial charge in [-0.25, -0.2) is 9.78 Å². The third kappa shape index (κ3) is 6.31. The number of rotatable bonds is 9. The molecule has 1 aliphatic rings. The molecule has 4 rings (SSSR count). The summed E-state index contributed by atoms with van der Waals surface area (Å²) in [5.74, 6) is 0.530. The number of aryl methyl sites for hydroxylation is 2. The van der Waals surface area contributed by atoms with Crippen molar-refractivity contribution < 1.29 is 14.3 Å². The molecule has 1 saturated heterocycles.